The van der Waals surface area contributed by atoms with Gasteiger partial charge in [0.2, 0.25) is 0 Å². The van der Waals surface area contributed by atoms with Crippen molar-refractivity contribution in [3.05, 3.63) is 35.9 Å². The Balaban J connectivity index is 1.55. The first-order chi connectivity index (χ1) is 10.3. The molecule has 1 aromatic rings. The van der Waals surface area contributed by atoms with Crippen LogP contribution in [0.3, 0.4) is 0 Å². The molecule has 5 heteroatoms. The SMILES string of the molecule is O=C1C(=O)N2CCNCC2CN1CCCc1ccccc1. The van der Waals surface area contributed by atoms with Gasteiger partial charge >= 0.3 is 11.8 Å². The second-order valence-electron chi connectivity index (χ2n) is 5.70. The van der Waals surface area contributed by atoms with Crippen LogP contribution in [0.2, 0.25) is 0 Å². The number of piperazine rings is 2. The fourth-order valence-electron chi connectivity index (χ4n) is 3.10. The van der Waals surface area contributed by atoms with Crippen LogP contribution in [0.5, 0.6) is 0 Å². The lowest BCUT2D eigenvalue weighted by atomic mass is 10.1. The highest BCUT2D eigenvalue weighted by molar-refractivity contribution is 6.35. The first-order valence-corrected chi connectivity index (χ1v) is 7.60. The average Bonchev–Trinajstić information content (AvgIpc) is 2.53. The molecule has 0 saturated carbocycles. The standard InChI is InChI=1S/C16H21N3O2/c20-15-16(21)19-10-8-17-11-14(19)12-18(15)9-4-7-13-5-2-1-3-6-13/h1-3,5-6,14,17H,4,7-12H2. The molecule has 0 aromatic heterocycles. The number of carbonyl (C=O) groups excluding carboxylic acids is 2. The minimum Gasteiger partial charge on any atom is -0.332 e. The fraction of sp³-hybridized carbons (Fsp3) is 0.500. The van der Waals surface area contributed by atoms with Gasteiger partial charge in [-0.1, -0.05) is 30.3 Å². The summed E-state index contributed by atoms with van der Waals surface area (Å²) in [6.07, 6.45) is 1.83. The third kappa shape index (κ3) is 3.08. The molecule has 0 spiro atoms. The molecule has 2 saturated heterocycles. The predicted octanol–water partition coefficient (Wildman–Crippen LogP) is 0.262. The Morgan fingerprint density at radius 1 is 1.14 bits per heavy atom. The third-order valence-electron chi connectivity index (χ3n) is 4.25. The summed E-state index contributed by atoms with van der Waals surface area (Å²) >= 11 is 0. The quantitative estimate of drug-likeness (QED) is 0.808. The zero-order chi connectivity index (χ0) is 14.7. The summed E-state index contributed by atoms with van der Waals surface area (Å²) in [5.41, 5.74) is 1.27. The van der Waals surface area contributed by atoms with Crippen molar-refractivity contribution in [3.63, 3.8) is 0 Å². The Hall–Kier alpha value is -1.88. The van der Waals surface area contributed by atoms with Gasteiger partial charge < -0.3 is 15.1 Å². The molecule has 3 rings (SSSR count). The zero-order valence-electron chi connectivity index (χ0n) is 12.1. The molecular formula is C16H21N3O2. The number of rotatable bonds is 4. The van der Waals surface area contributed by atoms with E-state index in [1.165, 1.54) is 5.56 Å². The Morgan fingerprint density at radius 3 is 2.76 bits per heavy atom. The van der Waals surface area contributed by atoms with Crippen LogP contribution in [-0.4, -0.2) is 60.4 Å². The van der Waals surface area contributed by atoms with Crippen LogP contribution in [0.25, 0.3) is 0 Å². The van der Waals surface area contributed by atoms with Gasteiger partial charge in [0.25, 0.3) is 0 Å². The maximum absolute atomic E-state index is 12.1. The molecule has 2 heterocycles. The summed E-state index contributed by atoms with van der Waals surface area (Å²) in [6, 6.07) is 10.4. The molecule has 0 radical (unpaired) electrons. The molecule has 1 N–H and O–H groups in total. The number of hydrogen-bond acceptors (Lipinski definition) is 3. The van der Waals surface area contributed by atoms with E-state index in [4.69, 9.17) is 0 Å². The molecule has 1 unspecified atom stereocenters. The van der Waals surface area contributed by atoms with E-state index in [2.05, 4.69) is 17.4 Å². The smallest absolute Gasteiger partial charge is 0.312 e. The van der Waals surface area contributed by atoms with Crippen molar-refractivity contribution in [2.24, 2.45) is 0 Å². The summed E-state index contributed by atoms with van der Waals surface area (Å²) in [7, 11) is 0. The van der Waals surface area contributed by atoms with Crippen molar-refractivity contribution < 1.29 is 9.59 Å². The lowest BCUT2D eigenvalue weighted by Crippen LogP contribution is -2.65. The van der Waals surface area contributed by atoms with Gasteiger partial charge in [-0.15, -0.1) is 0 Å². The number of fused-ring (bicyclic) bond motifs is 1. The van der Waals surface area contributed by atoms with Crippen LogP contribution in [0.1, 0.15) is 12.0 Å². The summed E-state index contributed by atoms with van der Waals surface area (Å²) in [5, 5.41) is 3.29. The lowest BCUT2D eigenvalue weighted by Gasteiger charge is -2.43. The minimum absolute atomic E-state index is 0.140. The van der Waals surface area contributed by atoms with Crippen LogP contribution < -0.4 is 5.32 Å². The van der Waals surface area contributed by atoms with Crippen LogP contribution in [0, 0.1) is 0 Å². The second kappa shape index (κ2) is 6.26. The monoisotopic (exact) mass is 287 g/mol. The molecule has 1 aromatic carbocycles. The molecule has 2 fully saturated rings. The van der Waals surface area contributed by atoms with Gasteiger partial charge in [-0.2, -0.15) is 0 Å². The number of benzene rings is 1. The number of aryl methyl sites for hydroxylation is 1. The summed E-state index contributed by atoms with van der Waals surface area (Å²) in [5.74, 6) is -0.659. The molecule has 21 heavy (non-hydrogen) atoms. The topological polar surface area (TPSA) is 52.7 Å². The van der Waals surface area contributed by atoms with E-state index in [0.717, 1.165) is 25.9 Å². The second-order valence-corrected chi connectivity index (χ2v) is 5.70. The molecule has 1 atom stereocenters. The van der Waals surface area contributed by atoms with Crippen LogP contribution in [0.15, 0.2) is 30.3 Å². The number of nitrogens with one attached hydrogen (secondary N) is 1. The largest absolute Gasteiger partial charge is 0.332 e. The number of carbonyl (C=O) groups is 2. The van der Waals surface area contributed by atoms with E-state index in [-0.39, 0.29) is 17.9 Å². The van der Waals surface area contributed by atoms with E-state index in [1.54, 1.807) is 9.80 Å². The van der Waals surface area contributed by atoms with E-state index in [1.807, 2.05) is 18.2 Å². The van der Waals surface area contributed by atoms with Crippen molar-refractivity contribution in [3.8, 4) is 0 Å². The molecule has 0 aliphatic carbocycles. The zero-order valence-corrected chi connectivity index (χ0v) is 12.1. The fourth-order valence-corrected chi connectivity index (χ4v) is 3.10. The predicted molar refractivity (Wildman–Crippen MR) is 79.7 cm³/mol. The van der Waals surface area contributed by atoms with Gasteiger partial charge in [0.05, 0.1) is 6.04 Å². The van der Waals surface area contributed by atoms with Crippen LogP contribution in [0.4, 0.5) is 0 Å². The van der Waals surface area contributed by atoms with Gasteiger partial charge in [0, 0.05) is 32.7 Å². The van der Waals surface area contributed by atoms with Gasteiger partial charge in [0.15, 0.2) is 0 Å². The molecule has 112 valence electrons. The maximum atomic E-state index is 12.1. The first-order valence-electron chi connectivity index (χ1n) is 7.60. The van der Waals surface area contributed by atoms with Crippen molar-refractivity contribution in [2.45, 2.75) is 18.9 Å². The first kappa shape index (κ1) is 14.1. The molecule has 2 amide bonds. The number of amides is 2. The van der Waals surface area contributed by atoms with E-state index < -0.39 is 0 Å². The van der Waals surface area contributed by atoms with E-state index in [9.17, 15) is 9.59 Å². The van der Waals surface area contributed by atoms with Crippen molar-refractivity contribution in [1.29, 1.82) is 0 Å². The molecule has 2 aliphatic heterocycles. The maximum Gasteiger partial charge on any atom is 0.312 e. The van der Waals surface area contributed by atoms with E-state index >= 15 is 0 Å². The van der Waals surface area contributed by atoms with Crippen molar-refractivity contribution in [2.75, 3.05) is 32.7 Å². The Morgan fingerprint density at radius 2 is 1.95 bits per heavy atom. The van der Waals surface area contributed by atoms with Gasteiger partial charge in [-0.05, 0) is 18.4 Å². The molecule has 0 bridgehead atoms. The lowest BCUT2D eigenvalue weighted by molar-refractivity contribution is -0.159. The van der Waals surface area contributed by atoms with Crippen LogP contribution in [-0.2, 0) is 16.0 Å². The Bertz CT molecular complexity index is 518. The Labute approximate surface area is 124 Å². The molecular weight excluding hydrogens is 266 g/mol. The highest BCUT2D eigenvalue weighted by Gasteiger charge is 2.39. The highest BCUT2D eigenvalue weighted by Crippen LogP contribution is 2.15. The van der Waals surface area contributed by atoms with Gasteiger partial charge in [0.1, 0.15) is 0 Å². The average molecular weight is 287 g/mol. The van der Waals surface area contributed by atoms with Gasteiger partial charge in [-0.3, -0.25) is 9.59 Å². The van der Waals surface area contributed by atoms with Crippen LogP contribution >= 0.6 is 0 Å². The normalized spacial score (nSPS) is 22.4. The summed E-state index contributed by atoms with van der Waals surface area (Å²) in [4.78, 5) is 27.7. The number of hydrogen-bond donors (Lipinski definition) is 1. The third-order valence-corrected chi connectivity index (χ3v) is 4.25. The minimum atomic E-state index is -0.332. The van der Waals surface area contributed by atoms with Crippen molar-refractivity contribution in [1.82, 2.24) is 15.1 Å². The Kier molecular flexibility index (Phi) is 4.20. The number of nitrogens with zero attached hydrogens (tertiary/aromatic N) is 2. The highest BCUT2D eigenvalue weighted by atomic mass is 16.2. The summed E-state index contributed by atoms with van der Waals surface area (Å²) < 4.78 is 0. The van der Waals surface area contributed by atoms with E-state index in [0.29, 0.717) is 19.6 Å². The molecule has 2 aliphatic rings. The van der Waals surface area contributed by atoms with Crippen molar-refractivity contribution >= 4 is 11.8 Å². The molecule has 5 nitrogen and oxygen atoms in total. The van der Waals surface area contributed by atoms with Gasteiger partial charge in [-0.25, -0.2) is 0 Å². The summed E-state index contributed by atoms with van der Waals surface area (Å²) in [6.45, 7) is 3.53.